The van der Waals surface area contributed by atoms with Gasteiger partial charge in [-0.1, -0.05) is 18.2 Å². The van der Waals surface area contributed by atoms with E-state index in [1.165, 1.54) is 24.3 Å². The van der Waals surface area contributed by atoms with Crippen molar-refractivity contribution in [2.45, 2.75) is 12.5 Å². The Bertz CT molecular complexity index is 1440. The van der Waals surface area contributed by atoms with Gasteiger partial charge in [-0.2, -0.15) is 5.10 Å². The van der Waals surface area contributed by atoms with Crippen molar-refractivity contribution in [2.75, 3.05) is 20.8 Å². The third-order valence-electron chi connectivity index (χ3n) is 6.35. The Kier molecular flexibility index (Phi) is 6.05. The molecule has 3 aromatic carbocycles. The van der Waals surface area contributed by atoms with E-state index >= 15 is 0 Å². The number of methoxy groups -OCH3 is 2. The summed E-state index contributed by atoms with van der Waals surface area (Å²) in [6, 6.07) is 14.3. The van der Waals surface area contributed by atoms with E-state index in [0.29, 0.717) is 35.6 Å². The fourth-order valence-corrected chi connectivity index (χ4v) is 4.61. The van der Waals surface area contributed by atoms with Crippen LogP contribution in [0.15, 0.2) is 60.7 Å². The van der Waals surface area contributed by atoms with Gasteiger partial charge in [0.2, 0.25) is 0 Å². The van der Waals surface area contributed by atoms with Crippen molar-refractivity contribution in [3.05, 3.63) is 94.7 Å². The Labute approximate surface area is 205 Å². The molecule has 2 heterocycles. The van der Waals surface area contributed by atoms with Crippen LogP contribution >= 0.6 is 0 Å². The Morgan fingerprint density at radius 1 is 0.972 bits per heavy atom. The van der Waals surface area contributed by atoms with Crippen LogP contribution in [0.5, 0.6) is 17.2 Å². The Morgan fingerprint density at radius 2 is 1.69 bits per heavy atom. The molecule has 0 bridgehead atoms. The molecule has 1 aliphatic heterocycles. The van der Waals surface area contributed by atoms with E-state index in [9.17, 15) is 18.7 Å². The molecule has 0 fully saturated rings. The molecule has 0 unspecified atom stereocenters. The quantitative estimate of drug-likeness (QED) is 0.385. The van der Waals surface area contributed by atoms with Crippen LogP contribution in [0.4, 0.5) is 8.78 Å². The predicted molar refractivity (Wildman–Crippen MR) is 128 cm³/mol. The molecule has 0 saturated carbocycles. The van der Waals surface area contributed by atoms with Crippen LogP contribution in [-0.4, -0.2) is 46.9 Å². The number of amides is 1. The number of nitrogens with zero attached hydrogens (tertiary/aromatic N) is 2. The van der Waals surface area contributed by atoms with Crippen molar-refractivity contribution in [3.63, 3.8) is 0 Å². The normalized spacial score (nSPS) is 14.7. The number of rotatable bonds is 7. The predicted octanol–water partition coefficient (Wildman–Crippen LogP) is 4.87. The first-order chi connectivity index (χ1) is 17.4. The van der Waals surface area contributed by atoms with Crippen LogP contribution in [0, 0.1) is 11.6 Å². The lowest BCUT2D eigenvalue weighted by atomic mass is 9.95. The molecule has 0 saturated heterocycles. The van der Waals surface area contributed by atoms with E-state index in [1.807, 2.05) is 12.1 Å². The molecule has 36 heavy (non-hydrogen) atoms. The van der Waals surface area contributed by atoms with Crippen molar-refractivity contribution in [1.29, 1.82) is 0 Å². The number of hydrogen-bond donors (Lipinski definition) is 2. The van der Waals surface area contributed by atoms with Gasteiger partial charge in [-0.25, -0.2) is 8.78 Å². The highest BCUT2D eigenvalue weighted by Gasteiger charge is 2.42. The van der Waals surface area contributed by atoms with E-state index in [0.717, 1.165) is 11.6 Å². The molecule has 1 aliphatic rings. The van der Waals surface area contributed by atoms with Crippen molar-refractivity contribution >= 4 is 5.91 Å². The van der Waals surface area contributed by atoms with E-state index in [2.05, 4.69) is 10.2 Å². The van der Waals surface area contributed by atoms with Gasteiger partial charge >= 0.3 is 0 Å². The molecule has 1 atom stereocenters. The zero-order valence-corrected chi connectivity index (χ0v) is 19.6. The highest BCUT2D eigenvalue weighted by molar-refractivity contribution is 6.00. The lowest BCUT2D eigenvalue weighted by Gasteiger charge is -2.26. The number of carbonyl (C=O) groups is 1. The van der Waals surface area contributed by atoms with Crippen molar-refractivity contribution in [2.24, 2.45) is 0 Å². The summed E-state index contributed by atoms with van der Waals surface area (Å²) < 4.78 is 38.5. The van der Waals surface area contributed by atoms with Gasteiger partial charge < -0.3 is 19.5 Å². The molecule has 5 rings (SSSR count). The van der Waals surface area contributed by atoms with Crippen molar-refractivity contribution < 1.29 is 28.2 Å². The summed E-state index contributed by atoms with van der Waals surface area (Å²) in [4.78, 5) is 15.1. The molecule has 4 aromatic rings. The monoisotopic (exact) mass is 491 g/mol. The zero-order chi connectivity index (χ0) is 25.4. The summed E-state index contributed by atoms with van der Waals surface area (Å²) in [7, 11) is 3.11. The number of aromatic amines is 1. The molecule has 0 spiro atoms. The number of halogens is 2. The summed E-state index contributed by atoms with van der Waals surface area (Å²) in [6.07, 6.45) is 0.502. The lowest BCUT2D eigenvalue weighted by Crippen LogP contribution is -2.31. The summed E-state index contributed by atoms with van der Waals surface area (Å²) in [5, 5.41) is 17.4. The minimum absolute atomic E-state index is 0.161. The first kappa shape index (κ1) is 23.3. The fraction of sp³-hybridized carbons (Fsp3) is 0.185. The van der Waals surface area contributed by atoms with Gasteiger partial charge in [-0.05, 0) is 60.0 Å². The lowest BCUT2D eigenvalue weighted by molar-refractivity contribution is 0.0746. The zero-order valence-electron chi connectivity index (χ0n) is 19.6. The number of carbonyl (C=O) groups excluding carboxylic acids is 1. The number of phenols is 1. The molecule has 7 nitrogen and oxygen atoms in total. The Balaban J connectivity index is 1.55. The standard InChI is InChI=1S/C27H23F2N3O4/c1-35-21-10-3-15(13-22(21)36-2)11-12-32-26(16-4-6-17(28)7-5-16)23-24(30-31-25(23)27(32)34)19-14-18(29)8-9-20(19)33/h3-10,13-14,26,33H,11-12H2,1-2H3,(H,30,31)/t26-/m0/s1. The summed E-state index contributed by atoms with van der Waals surface area (Å²) >= 11 is 0. The van der Waals surface area contributed by atoms with Gasteiger partial charge in [-0.3, -0.25) is 9.89 Å². The number of ether oxygens (including phenoxy) is 2. The van der Waals surface area contributed by atoms with Crippen LogP contribution in [0.25, 0.3) is 11.3 Å². The Morgan fingerprint density at radius 3 is 2.42 bits per heavy atom. The second-order valence-electron chi connectivity index (χ2n) is 8.41. The number of aromatic nitrogens is 2. The third kappa shape index (κ3) is 4.02. The van der Waals surface area contributed by atoms with E-state index in [4.69, 9.17) is 9.47 Å². The van der Waals surface area contributed by atoms with E-state index in [-0.39, 0.29) is 28.6 Å². The number of phenolic OH excluding ortho intramolecular Hbond substituents is 1. The molecule has 0 aliphatic carbocycles. The van der Waals surface area contributed by atoms with Gasteiger partial charge in [0.1, 0.15) is 28.8 Å². The van der Waals surface area contributed by atoms with Crippen LogP contribution in [0.1, 0.15) is 33.2 Å². The maximum Gasteiger partial charge on any atom is 0.273 e. The average molecular weight is 491 g/mol. The SMILES string of the molecule is COc1ccc(CCN2C(=O)c3[nH]nc(-c4cc(F)ccc4O)c3[C@@H]2c2ccc(F)cc2)cc1OC. The largest absolute Gasteiger partial charge is 0.507 e. The van der Waals surface area contributed by atoms with Crippen LogP contribution < -0.4 is 9.47 Å². The first-order valence-electron chi connectivity index (χ1n) is 11.3. The summed E-state index contributed by atoms with van der Waals surface area (Å²) in [6.45, 7) is 0.327. The maximum absolute atomic E-state index is 14.0. The molecule has 1 amide bonds. The molecule has 9 heteroatoms. The highest BCUT2D eigenvalue weighted by atomic mass is 19.1. The van der Waals surface area contributed by atoms with Gasteiger partial charge in [0.25, 0.3) is 5.91 Å². The van der Waals surface area contributed by atoms with Crippen LogP contribution in [0.3, 0.4) is 0 Å². The minimum Gasteiger partial charge on any atom is -0.507 e. The van der Waals surface area contributed by atoms with Gasteiger partial charge in [0, 0.05) is 17.7 Å². The third-order valence-corrected chi connectivity index (χ3v) is 6.35. The topological polar surface area (TPSA) is 87.7 Å². The molecular formula is C27H23F2N3O4. The number of nitrogens with one attached hydrogen (secondary N) is 1. The van der Waals surface area contributed by atoms with E-state index < -0.39 is 17.7 Å². The molecule has 2 N–H and O–H groups in total. The fourth-order valence-electron chi connectivity index (χ4n) is 4.61. The number of aromatic hydroxyl groups is 1. The second-order valence-corrected chi connectivity index (χ2v) is 8.41. The van der Waals surface area contributed by atoms with Gasteiger partial charge in [0.05, 0.1) is 20.3 Å². The first-order valence-corrected chi connectivity index (χ1v) is 11.3. The number of H-pyrrole nitrogens is 1. The number of hydrogen-bond acceptors (Lipinski definition) is 5. The number of fused-ring (bicyclic) bond motifs is 1. The highest BCUT2D eigenvalue weighted by Crippen LogP contribution is 2.44. The Hall–Kier alpha value is -4.40. The minimum atomic E-state index is -0.621. The molecule has 0 radical (unpaired) electrons. The molecule has 1 aromatic heterocycles. The van der Waals surface area contributed by atoms with Crippen molar-refractivity contribution in [1.82, 2.24) is 15.1 Å². The summed E-state index contributed by atoms with van der Waals surface area (Å²) in [5.74, 6) is -0.239. The smallest absolute Gasteiger partial charge is 0.273 e. The summed E-state index contributed by atoms with van der Waals surface area (Å²) in [5.41, 5.74) is 2.76. The maximum atomic E-state index is 14.0. The number of benzene rings is 3. The molecule has 184 valence electrons. The molecular weight excluding hydrogens is 468 g/mol. The average Bonchev–Trinajstić information content (AvgIpc) is 3.43. The van der Waals surface area contributed by atoms with Gasteiger partial charge in [0.15, 0.2) is 11.5 Å². The van der Waals surface area contributed by atoms with Crippen LogP contribution in [0.2, 0.25) is 0 Å². The van der Waals surface area contributed by atoms with Crippen molar-refractivity contribution in [3.8, 4) is 28.5 Å². The van der Waals surface area contributed by atoms with E-state index in [1.54, 1.807) is 37.3 Å². The van der Waals surface area contributed by atoms with Gasteiger partial charge in [-0.15, -0.1) is 0 Å². The second kappa shape index (κ2) is 9.33. The van der Waals surface area contributed by atoms with Crippen LogP contribution in [-0.2, 0) is 6.42 Å².